The first kappa shape index (κ1) is 13.4. The monoisotopic (exact) mass is 281 g/mol. The van der Waals surface area contributed by atoms with E-state index in [4.69, 9.17) is 4.74 Å². The summed E-state index contributed by atoms with van der Waals surface area (Å²) < 4.78 is 4.96. The van der Waals surface area contributed by atoms with E-state index in [1.54, 1.807) is 6.92 Å². The molecule has 1 aliphatic rings. The van der Waals surface area contributed by atoms with Gasteiger partial charge in [-0.05, 0) is 29.7 Å². The second-order valence-corrected chi connectivity index (χ2v) is 4.81. The first-order chi connectivity index (χ1) is 10.2. The van der Waals surface area contributed by atoms with Gasteiger partial charge >= 0.3 is 6.09 Å². The van der Waals surface area contributed by atoms with Crippen LogP contribution >= 0.6 is 0 Å². The van der Waals surface area contributed by atoms with Crippen molar-refractivity contribution in [2.24, 2.45) is 0 Å². The number of fused-ring (bicyclic) bond motifs is 1. The minimum atomic E-state index is -0.605. The van der Waals surface area contributed by atoms with Crippen LogP contribution in [0.15, 0.2) is 48.5 Å². The zero-order valence-electron chi connectivity index (χ0n) is 11.7. The molecule has 0 fully saturated rings. The Hall–Kier alpha value is -2.62. The molecule has 2 aromatic carbocycles. The van der Waals surface area contributed by atoms with Gasteiger partial charge in [0.25, 0.3) is 0 Å². The highest BCUT2D eigenvalue weighted by atomic mass is 16.6. The third-order valence-electron chi connectivity index (χ3n) is 3.47. The first-order valence-electron chi connectivity index (χ1n) is 6.88. The molecule has 0 unspecified atom stereocenters. The Morgan fingerprint density at radius 3 is 2.62 bits per heavy atom. The van der Waals surface area contributed by atoms with Crippen molar-refractivity contribution < 1.29 is 14.3 Å². The smallest absolute Gasteiger partial charge is 0.421 e. The standard InChI is InChI=1S/C17H15NO3/c1-2-21-17(20)18-15-10-13(12-6-4-3-5-7-12)8-9-14(15)11-16(18)19/h3-10H,2,11H2,1H3. The molecule has 106 valence electrons. The summed E-state index contributed by atoms with van der Waals surface area (Å²) in [6.45, 7) is 1.97. The van der Waals surface area contributed by atoms with Crippen molar-refractivity contribution in [2.75, 3.05) is 11.5 Å². The molecule has 2 amide bonds. The highest BCUT2D eigenvalue weighted by Gasteiger charge is 2.33. The second kappa shape index (κ2) is 5.40. The van der Waals surface area contributed by atoms with Gasteiger partial charge in [-0.3, -0.25) is 4.79 Å². The lowest BCUT2D eigenvalue weighted by Crippen LogP contribution is -2.34. The third-order valence-corrected chi connectivity index (χ3v) is 3.47. The number of nitrogens with zero attached hydrogens (tertiary/aromatic N) is 1. The molecular weight excluding hydrogens is 266 g/mol. The van der Waals surface area contributed by atoms with Crippen LogP contribution < -0.4 is 4.90 Å². The van der Waals surface area contributed by atoms with E-state index in [2.05, 4.69) is 0 Å². The third kappa shape index (κ3) is 2.40. The van der Waals surface area contributed by atoms with Crippen LogP contribution in [0.4, 0.5) is 10.5 Å². The van der Waals surface area contributed by atoms with Crippen molar-refractivity contribution in [1.82, 2.24) is 0 Å². The summed E-state index contributed by atoms with van der Waals surface area (Å²) >= 11 is 0. The molecule has 1 aliphatic heterocycles. The molecule has 0 radical (unpaired) electrons. The van der Waals surface area contributed by atoms with E-state index in [0.717, 1.165) is 21.6 Å². The minimum absolute atomic E-state index is 0.239. The van der Waals surface area contributed by atoms with Gasteiger partial charge in [-0.25, -0.2) is 9.69 Å². The Labute approximate surface area is 123 Å². The molecule has 2 aromatic rings. The molecule has 0 bridgehead atoms. The van der Waals surface area contributed by atoms with Gasteiger partial charge in [-0.1, -0.05) is 42.5 Å². The number of rotatable bonds is 2. The Balaban J connectivity index is 2.02. The molecule has 0 spiro atoms. The van der Waals surface area contributed by atoms with E-state index in [-0.39, 0.29) is 18.9 Å². The number of hydrogen-bond acceptors (Lipinski definition) is 3. The summed E-state index contributed by atoms with van der Waals surface area (Å²) in [6.07, 6.45) is -0.366. The molecule has 0 saturated heterocycles. The van der Waals surface area contributed by atoms with E-state index in [1.807, 2.05) is 48.5 Å². The summed E-state index contributed by atoms with van der Waals surface area (Å²) in [4.78, 5) is 25.1. The van der Waals surface area contributed by atoms with Crippen molar-refractivity contribution >= 4 is 17.7 Å². The van der Waals surface area contributed by atoms with Crippen LogP contribution in [0.1, 0.15) is 12.5 Å². The second-order valence-electron chi connectivity index (χ2n) is 4.81. The molecular formula is C17H15NO3. The van der Waals surface area contributed by atoms with Crippen LogP contribution in [-0.4, -0.2) is 18.6 Å². The summed E-state index contributed by atoms with van der Waals surface area (Å²) in [5, 5.41) is 0. The molecule has 1 heterocycles. The number of ether oxygens (including phenoxy) is 1. The average Bonchev–Trinajstić information content (AvgIpc) is 2.83. The molecule has 21 heavy (non-hydrogen) atoms. The zero-order chi connectivity index (χ0) is 14.8. The van der Waals surface area contributed by atoms with Gasteiger partial charge < -0.3 is 4.74 Å². The normalized spacial score (nSPS) is 13.2. The molecule has 0 aliphatic carbocycles. The van der Waals surface area contributed by atoms with Crippen molar-refractivity contribution in [3.05, 3.63) is 54.1 Å². The summed E-state index contributed by atoms with van der Waals surface area (Å²) in [6, 6.07) is 15.6. The molecule has 0 aromatic heterocycles. The Kier molecular flexibility index (Phi) is 3.44. The van der Waals surface area contributed by atoms with E-state index in [9.17, 15) is 9.59 Å². The fourth-order valence-corrected chi connectivity index (χ4v) is 2.50. The maximum absolute atomic E-state index is 12.0. The predicted molar refractivity (Wildman–Crippen MR) is 80.1 cm³/mol. The highest BCUT2D eigenvalue weighted by Crippen LogP contribution is 2.33. The van der Waals surface area contributed by atoms with Gasteiger partial charge in [0, 0.05) is 0 Å². The van der Waals surface area contributed by atoms with Gasteiger partial charge in [-0.15, -0.1) is 0 Å². The summed E-state index contributed by atoms with van der Waals surface area (Å²) in [5.74, 6) is -0.242. The predicted octanol–water partition coefficient (Wildman–Crippen LogP) is 3.40. The Morgan fingerprint density at radius 1 is 1.14 bits per heavy atom. The Bertz CT molecular complexity index is 694. The number of hydrogen-bond donors (Lipinski definition) is 0. The van der Waals surface area contributed by atoms with Crippen molar-refractivity contribution in [3.63, 3.8) is 0 Å². The van der Waals surface area contributed by atoms with Crippen molar-refractivity contribution in [1.29, 1.82) is 0 Å². The maximum atomic E-state index is 12.0. The van der Waals surface area contributed by atoms with E-state index in [1.165, 1.54) is 0 Å². The Morgan fingerprint density at radius 2 is 1.90 bits per heavy atom. The SMILES string of the molecule is CCOC(=O)N1C(=O)Cc2ccc(-c3ccccc3)cc21. The molecule has 0 atom stereocenters. The van der Waals surface area contributed by atoms with Crippen LogP contribution in [0, 0.1) is 0 Å². The summed E-state index contributed by atoms with van der Waals surface area (Å²) in [7, 11) is 0. The van der Waals surface area contributed by atoms with Gasteiger partial charge in [0.15, 0.2) is 0 Å². The molecule has 0 N–H and O–H groups in total. The molecule has 4 nitrogen and oxygen atoms in total. The highest BCUT2D eigenvalue weighted by molar-refractivity contribution is 6.17. The number of amides is 2. The first-order valence-corrected chi connectivity index (χ1v) is 6.88. The fourth-order valence-electron chi connectivity index (χ4n) is 2.50. The lowest BCUT2D eigenvalue weighted by Gasteiger charge is -2.15. The van der Waals surface area contributed by atoms with E-state index >= 15 is 0 Å². The zero-order valence-corrected chi connectivity index (χ0v) is 11.7. The number of imide groups is 1. The quantitative estimate of drug-likeness (QED) is 0.847. The van der Waals surface area contributed by atoms with E-state index < -0.39 is 6.09 Å². The average molecular weight is 281 g/mol. The number of anilines is 1. The van der Waals surface area contributed by atoms with Crippen LogP contribution in [0.2, 0.25) is 0 Å². The van der Waals surface area contributed by atoms with Gasteiger partial charge in [0.05, 0.1) is 18.7 Å². The van der Waals surface area contributed by atoms with Gasteiger partial charge in [0.2, 0.25) is 5.91 Å². The van der Waals surface area contributed by atoms with Crippen molar-refractivity contribution in [2.45, 2.75) is 13.3 Å². The van der Waals surface area contributed by atoms with Gasteiger partial charge in [-0.2, -0.15) is 0 Å². The lowest BCUT2D eigenvalue weighted by molar-refractivity contribution is -0.116. The topological polar surface area (TPSA) is 46.6 Å². The fraction of sp³-hybridized carbons (Fsp3) is 0.176. The van der Waals surface area contributed by atoms with Gasteiger partial charge in [0.1, 0.15) is 0 Å². The van der Waals surface area contributed by atoms with Crippen LogP contribution in [-0.2, 0) is 16.0 Å². The number of carbonyl (C=O) groups excluding carboxylic acids is 2. The minimum Gasteiger partial charge on any atom is -0.449 e. The number of carbonyl (C=O) groups is 2. The maximum Gasteiger partial charge on any atom is 0.421 e. The van der Waals surface area contributed by atoms with Crippen molar-refractivity contribution in [3.8, 4) is 11.1 Å². The molecule has 4 heteroatoms. The molecule has 3 rings (SSSR count). The van der Waals surface area contributed by atoms with Crippen LogP contribution in [0.3, 0.4) is 0 Å². The van der Waals surface area contributed by atoms with E-state index in [0.29, 0.717) is 5.69 Å². The lowest BCUT2D eigenvalue weighted by atomic mass is 10.0. The largest absolute Gasteiger partial charge is 0.449 e. The number of benzene rings is 2. The van der Waals surface area contributed by atoms with Crippen LogP contribution in [0.5, 0.6) is 0 Å². The van der Waals surface area contributed by atoms with Crippen LogP contribution in [0.25, 0.3) is 11.1 Å². The summed E-state index contributed by atoms with van der Waals surface area (Å²) in [5.41, 5.74) is 3.49. The molecule has 0 saturated carbocycles.